The summed E-state index contributed by atoms with van der Waals surface area (Å²) in [4.78, 5) is 0. The van der Waals surface area contributed by atoms with Crippen molar-refractivity contribution in [3.05, 3.63) is 35.4 Å². The zero-order valence-corrected chi connectivity index (χ0v) is 10.5. The van der Waals surface area contributed by atoms with Gasteiger partial charge >= 0.3 is 0 Å². The van der Waals surface area contributed by atoms with Crippen molar-refractivity contribution in [2.75, 3.05) is 5.75 Å². The molecule has 1 aromatic carbocycles. The number of halogens is 2. The molecule has 0 aliphatic heterocycles. The van der Waals surface area contributed by atoms with E-state index in [1.54, 1.807) is 6.92 Å². The molecule has 0 aliphatic carbocycles. The minimum Gasteiger partial charge on any atom is -0.212 e. The lowest BCUT2D eigenvalue weighted by Gasteiger charge is -2.15. The van der Waals surface area contributed by atoms with Crippen LogP contribution in [0.4, 0.5) is 8.78 Å². The lowest BCUT2D eigenvalue weighted by Crippen LogP contribution is -2.30. The van der Waals surface area contributed by atoms with Gasteiger partial charge in [0.1, 0.15) is 11.6 Å². The second-order valence-corrected chi connectivity index (χ2v) is 5.67. The van der Waals surface area contributed by atoms with Crippen molar-refractivity contribution >= 4 is 10.0 Å². The van der Waals surface area contributed by atoms with E-state index < -0.39 is 27.7 Å². The van der Waals surface area contributed by atoms with Crippen LogP contribution in [0.15, 0.2) is 18.2 Å². The number of rotatable bonds is 5. The van der Waals surface area contributed by atoms with Gasteiger partial charge in [-0.25, -0.2) is 21.9 Å². The smallest absolute Gasteiger partial charge is 0.212 e. The molecule has 1 aromatic rings. The fraction of sp³-hybridized carbons (Fsp3) is 0.455. The number of nitrogens with one attached hydrogen (secondary N) is 1. The van der Waals surface area contributed by atoms with E-state index in [9.17, 15) is 17.2 Å². The molecule has 1 N–H and O–H groups in total. The highest BCUT2D eigenvalue weighted by Gasteiger charge is 2.20. The highest BCUT2D eigenvalue weighted by molar-refractivity contribution is 7.89. The topological polar surface area (TPSA) is 46.2 Å². The molecule has 17 heavy (non-hydrogen) atoms. The zero-order chi connectivity index (χ0) is 13.1. The molecule has 0 spiro atoms. The van der Waals surface area contributed by atoms with Gasteiger partial charge in [-0.3, -0.25) is 0 Å². The van der Waals surface area contributed by atoms with Gasteiger partial charge in [0, 0.05) is 11.6 Å². The molecule has 0 bridgehead atoms. The van der Waals surface area contributed by atoms with Crippen LogP contribution >= 0.6 is 0 Å². The molecule has 96 valence electrons. The lowest BCUT2D eigenvalue weighted by molar-refractivity contribution is 0.514. The van der Waals surface area contributed by atoms with Crippen LogP contribution < -0.4 is 4.72 Å². The first-order valence-electron chi connectivity index (χ1n) is 5.31. The molecule has 1 rings (SSSR count). The Morgan fingerprint density at radius 1 is 1.29 bits per heavy atom. The van der Waals surface area contributed by atoms with Gasteiger partial charge in [0.25, 0.3) is 0 Å². The first-order chi connectivity index (χ1) is 7.87. The van der Waals surface area contributed by atoms with E-state index in [1.807, 2.05) is 0 Å². The van der Waals surface area contributed by atoms with Crippen molar-refractivity contribution < 1.29 is 17.2 Å². The Bertz CT molecular complexity index is 468. The number of benzene rings is 1. The molecule has 6 heteroatoms. The van der Waals surface area contributed by atoms with Crippen LogP contribution in [0.3, 0.4) is 0 Å². The SMILES string of the molecule is CCCS(=O)(=O)NC(C)c1c(F)cccc1F. The second-order valence-electron chi connectivity index (χ2n) is 3.79. The van der Waals surface area contributed by atoms with Crippen LogP contribution in [0.1, 0.15) is 31.9 Å². The van der Waals surface area contributed by atoms with E-state index in [0.717, 1.165) is 12.1 Å². The van der Waals surface area contributed by atoms with Gasteiger partial charge in [0.05, 0.1) is 5.75 Å². The number of sulfonamides is 1. The van der Waals surface area contributed by atoms with E-state index >= 15 is 0 Å². The lowest BCUT2D eigenvalue weighted by atomic mass is 10.1. The Morgan fingerprint density at radius 2 is 1.82 bits per heavy atom. The van der Waals surface area contributed by atoms with Crippen molar-refractivity contribution in [2.45, 2.75) is 26.3 Å². The number of hydrogen-bond donors (Lipinski definition) is 1. The summed E-state index contributed by atoms with van der Waals surface area (Å²) in [7, 11) is -3.50. The molecule has 0 heterocycles. The average molecular weight is 263 g/mol. The summed E-state index contributed by atoms with van der Waals surface area (Å²) in [5.41, 5.74) is -0.257. The van der Waals surface area contributed by atoms with Crippen LogP contribution in [-0.2, 0) is 10.0 Å². The van der Waals surface area contributed by atoms with Gasteiger partial charge in [0.2, 0.25) is 10.0 Å². The Labute approximate surface area is 99.9 Å². The third-order valence-electron chi connectivity index (χ3n) is 2.26. The third-order valence-corrected chi connectivity index (χ3v) is 3.92. The summed E-state index contributed by atoms with van der Waals surface area (Å²) in [5, 5.41) is 0. The summed E-state index contributed by atoms with van der Waals surface area (Å²) < 4.78 is 52.0. The molecule has 0 saturated heterocycles. The summed E-state index contributed by atoms with van der Waals surface area (Å²) in [5.74, 6) is -1.57. The Kier molecular flexibility index (Phi) is 4.59. The standard InChI is InChI=1S/C11H15F2NO2S/c1-3-7-17(15,16)14-8(2)11-9(12)5-4-6-10(11)13/h4-6,8,14H,3,7H2,1-2H3. The summed E-state index contributed by atoms with van der Waals surface area (Å²) in [6.07, 6.45) is 0.446. The minimum atomic E-state index is -3.50. The van der Waals surface area contributed by atoms with Crippen molar-refractivity contribution in [3.8, 4) is 0 Å². The van der Waals surface area contributed by atoms with Crippen LogP contribution in [0.2, 0.25) is 0 Å². The van der Waals surface area contributed by atoms with Crippen molar-refractivity contribution in [2.24, 2.45) is 0 Å². The predicted molar refractivity (Wildman–Crippen MR) is 62.0 cm³/mol. The Hall–Kier alpha value is -1.01. The second kappa shape index (κ2) is 5.55. The van der Waals surface area contributed by atoms with E-state index in [-0.39, 0.29) is 11.3 Å². The molecule has 3 nitrogen and oxygen atoms in total. The van der Waals surface area contributed by atoms with Gasteiger partial charge in [-0.05, 0) is 25.5 Å². The van der Waals surface area contributed by atoms with Gasteiger partial charge in [-0.15, -0.1) is 0 Å². The molecule has 0 radical (unpaired) electrons. The van der Waals surface area contributed by atoms with Crippen molar-refractivity contribution in [3.63, 3.8) is 0 Å². The largest absolute Gasteiger partial charge is 0.212 e. The minimum absolute atomic E-state index is 0.0621. The molecule has 0 aromatic heterocycles. The van der Waals surface area contributed by atoms with E-state index in [0.29, 0.717) is 6.42 Å². The predicted octanol–water partition coefficient (Wildman–Crippen LogP) is 2.36. The maximum absolute atomic E-state index is 13.4. The molecule has 1 unspecified atom stereocenters. The summed E-state index contributed by atoms with van der Waals surface area (Å²) >= 11 is 0. The Balaban J connectivity index is 2.94. The fourth-order valence-electron chi connectivity index (χ4n) is 1.58. The van der Waals surface area contributed by atoms with Gasteiger partial charge in [-0.2, -0.15) is 0 Å². The van der Waals surface area contributed by atoms with Crippen LogP contribution in [0.5, 0.6) is 0 Å². The maximum atomic E-state index is 13.4. The highest BCUT2D eigenvalue weighted by Crippen LogP contribution is 2.20. The van der Waals surface area contributed by atoms with E-state index in [4.69, 9.17) is 0 Å². The normalized spacial score (nSPS) is 13.6. The Morgan fingerprint density at radius 3 is 2.29 bits per heavy atom. The van der Waals surface area contributed by atoms with Gasteiger partial charge in [0.15, 0.2) is 0 Å². The molecule has 1 atom stereocenters. The van der Waals surface area contributed by atoms with Gasteiger partial charge < -0.3 is 0 Å². The van der Waals surface area contributed by atoms with Crippen LogP contribution in [0.25, 0.3) is 0 Å². The third kappa shape index (κ3) is 3.74. The summed E-state index contributed by atoms with van der Waals surface area (Å²) in [6.45, 7) is 3.13. The zero-order valence-electron chi connectivity index (χ0n) is 9.70. The molecule has 0 aliphatic rings. The van der Waals surface area contributed by atoms with Crippen molar-refractivity contribution in [1.29, 1.82) is 0 Å². The fourth-order valence-corrected chi connectivity index (χ4v) is 2.89. The first kappa shape index (κ1) is 14.1. The van der Waals surface area contributed by atoms with E-state index in [1.165, 1.54) is 13.0 Å². The van der Waals surface area contributed by atoms with Crippen molar-refractivity contribution in [1.82, 2.24) is 4.72 Å². The molecule has 0 fully saturated rings. The molecular weight excluding hydrogens is 248 g/mol. The molecular formula is C11H15F2NO2S. The molecule has 0 amide bonds. The number of hydrogen-bond acceptors (Lipinski definition) is 2. The maximum Gasteiger partial charge on any atom is 0.212 e. The van der Waals surface area contributed by atoms with Crippen LogP contribution in [-0.4, -0.2) is 14.2 Å². The van der Waals surface area contributed by atoms with E-state index in [2.05, 4.69) is 4.72 Å². The summed E-state index contributed by atoms with van der Waals surface area (Å²) in [6, 6.07) is 2.51. The monoisotopic (exact) mass is 263 g/mol. The quantitative estimate of drug-likeness (QED) is 0.886. The molecule has 0 saturated carbocycles. The highest BCUT2D eigenvalue weighted by atomic mass is 32.2. The van der Waals surface area contributed by atoms with Gasteiger partial charge in [-0.1, -0.05) is 13.0 Å². The van der Waals surface area contributed by atoms with Crippen LogP contribution in [0, 0.1) is 11.6 Å². The first-order valence-corrected chi connectivity index (χ1v) is 6.96. The average Bonchev–Trinajstić information content (AvgIpc) is 2.15.